The van der Waals surface area contributed by atoms with E-state index in [1.807, 2.05) is 18.2 Å². The van der Waals surface area contributed by atoms with Crippen LogP contribution in [0.3, 0.4) is 0 Å². The number of hydrogen-bond acceptors (Lipinski definition) is 4. The van der Waals surface area contributed by atoms with Gasteiger partial charge in [0.05, 0.1) is 5.56 Å². The zero-order valence-electron chi connectivity index (χ0n) is 9.35. The van der Waals surface area contributed by atoms with E-state index in [9.17, 15) is 0 Å². The van der Waals surface area contributed by atoms with Crippen LogP contribution >= 0.6 is 22.6 Å². The minimum Gasteiger partial charge on any atom is -0.398 e. The summed E-state index contributed by atoms with van der Waals surface area (Å²) in [6.45, 7) is 2.19. The number of nitrogens with two attached hydrogens (primary N) is 1. The third-order valence-electron chi connectivity index (χ3n) is 3.13. The van der Waals surface area contributed by atoms with Gasteiger partial charge < -0.3 is 10.3 Å². The van der Waals surface area contributed by atoms with Crippen molar-refractivity contribution in [1.82, 2.24) is 10.1 Å². The molecule has 17 heavy (non-hydrogen) atoms. The van der Waals surface area contributed by atoms with E-state index < -0.39 is 0 Å². The number of nitrogens with zero attached hydrogens (tertiary/aromatic N) is 2. The first-order valence-corrected chi connectivity index (χ1v) is 6.62. The second-order valence-electron chi connectivity index (χ2n) is 4.51. The van der Waals surface area contributed by atoms with Gasteiger partial charge in [0.15, 0.2) is 5.82 Å². The van der Waals surface area contributed by atoms with E-state index >= 15 is 0 Å². The van der Waals surface area contributed by atoms with Crippen LogP contribution in [0, 0.1) is 9.49 Å². The van der Waals surface area contributed by atoms with E-state index in [0.717, 1.165) is 21.4 Å². The fourth-order valence-electron chi connectivity index (χ4n) is 1.89. The van der Waals surface area contributed by atoms with Gasteiger partial charge in [-0.15, -0.1) is 0 Å². The van der Waals surface area contributed by atoms with Crippen LogP contribution in [-0.4, -0.2) is 10.1 Å². The predicted octanol–water partition coefficient (Wildman–Crippen LogP) is 3.05. The highest BCUT2D eigenvalue weighted by Crippen LogP contribution is 2.46. The Morgan fingerprint density at radius 2 is 2.24 bits per heavy atom. The van der Waals surface area contributed by atoms with Crippen molar-refractivity contribution in [2.45, 2.75) is 19.3 Å². The molecule has 1 aliphatic carbocycles. The molecule has 3 rings (SSSR count). The molecule has 1 fully saturated rings. The molecule has 1 saturated carbocycles. The van der Waals surface area contributed by atoms with E-state index in [0.29, 0.717) is 23.4 Å². The lowest BCUT2D eigenvalue weighted by molar-refractivity contribution is 0.422. The Labute approximate surface area is 113 Å². The molecule has 1 heterocycles. The molecule has 2 aromatic rings. The summed E-state index contributed by atoms with van der Waals surface area (Å²) in [5.41, 5.74) is 7.41. The summed E-state index contributed by atoms with van der Waals surface area (Å²) in [5, 5.41) is 4.03. The van der Waals surface area contributed by atoms with Crippen LogP contribution in [0.4, 0.5) is 5.69 Å². The topological polar surface area (TPSA) is 64.9 Å². The van der Waals surface area contributed by atoms with Crippen molar-refractivity contribution in [3.63, 3.8) is 0 Å². The molecule has 88 valence electrons. The molecule has 5 heteroatoms. The molecule has 2 N–H and O–H groups in total. The number of aromatic nitrogens is 2. The van der Waals surface area contributed by atoms with Gasteiger partial charge in [-0.3, -0.25) is 0 Å². The van der Waals surface area contributed by atoms with E-state index in [4.69, 9.17) is 10.3 Å². The van der Waals surface area contributed by atoms with Crippen LogP contribution in [0.25, 0.3) is 11.5 Å². The molecule has 0 bridgehead atoms. The minimum atomic E-state index is 0.469. The van der Waals surface area contributed by atoms with Crippen molar-refractivity contribution in [3.05, 3.63) is 27.6 Å². The van der Waals surface area contributed by atoms with Crippen LogP contribution in [0.5, 0.6) is 0 Å². The second kappa shape index (κ2) is 3.97. The van der Waals surface area contributed by atoms with Crippen molar-refractivity contribution in [3.8, 4) is 11.5 Å². The third-order valence-corrected chi connectivity index (χ3v) is 3.80. The fourth-order valence-corrected chi connectivity index (χ4v) is 2.38. The zero-order chi connectivity index (χ0) is 12.0. The second-order valence-corrected chi connectivity index (χ2v) is 5.75. The first-order valence-electron chi connectivity index (χ1n) is 5.54. The molecule has 1 aliphatic rings. The summed E-state index contributed by atoms with van der Waals surface area (Å²) in [6.07, 6.45) is 1.15. The molecule has 2 atom stereocenters. The van der Waals surface area contributed by atoms with E-state index in [-0.39, 0.29) is 0 Å². The maximum Gasteiger partial charge on any atom is 0.260 e. The van der Waals surface area contributed by atoms with Crippen molar-refractivity contribution in [1.29, 1.82) is 0 Å². The molecule has 1 aromatic heterocycles. The molecule has 0 aliphatic heterocycles. The van der Waals surface area contributed by atoms with Gasteiger partial charge in [0.1, 0.15) is 0 Å². The van der Waals surface area contributed by atoms with Gasteiger partial charge in [-0.2, -0.15) is 4.98 Å². The fraction of sp³-hybridized carbons (Fsp3) is 0.333. The van der Waals surface area contributed by atoms with Gasteiger partial charge in [-0.05, 0) is 53.1 Å². The number of halogens is 1. The average Bonchev–Trinajstić information content (AvgIpc) is 2.85. The van der Waals surface area contributed by atoms with Gasteiger partial charge in [-0.1, -0.05) is 12.1 Å². The van der Waals surface area contributed by atoms with Gasteiger partial charge in [-0.25, -0.2) is 0 Å². The van der Waals surface area contributed by atoms with Gasteiger partial charge >= 0.3 is 0 Å². The Balaban J connectivity index is 1.98. The monoisotopic (exact) mass is 341 g/mol. The molecule has 0 amide bonds. The molecular formula is C12H12IN3O. The molecule has 1 aromatic carbocycles. The number of nitrogen functional groups attached to an aromatic ring is 1. The molecule has 0 spiro atoms. The molecule has 0 saturated heterocycles. The Bertz CT molecular complexity index is 567. The van der Waals surface area contributed by atoms with Gasteiger partial charge in [0.2, 0.25) is 0 Å². The summed E-state index contributed by atoms with van der Waals surface area (Å²) in [7, 11) is 0. The van der Waals surface area contributed by atoms with E-state index in [1.54, 1.807) is 0 Å². The van der Waals surface area contributed by atoms with Crippen molar-refractivity contribution in [2.75, 3.05) is 5.73 Å². The molecule has 4 nitrogen and oxygen atoms in total. The first-order chi connectivity index (χ1) is 8.15. The number of hydrogen-bond donors (Lipinski definition) is 1. The summed E-state index contributed by atoms with van der Waals surface area (Å²) in [5.74, 6) is 2.48. The summed E-state index contributed by atoms with van der Waals surface area (Å²) < 4.78 is 6.39. The lowest BCUT2D eigenvalue weighted by Gasteiger charge is -2.00. The predicted molar refractivity (Wildman–Crippen MR) is 73.4 cm³/mol. The SMILES string of the molecule is CC1CC1c1noc(-c2cc(I)ccc2N)n1. The quantitative estimate of drug-likeness (QED) is 0.674. The highest BCUT2D eigenvalue weighted by atomic mass is 127. The van der Waals surface area contributed by atoms with Crippen LogP contribution in [0.1, 0.15) is 25.1 Å². The largest absolute Gasteiger partial charge is 0.398 e. The molecule has 2 unspecified atom stereocenters. The summed E-state index contributed by atoms with van der Waals surface area (Å²) >= 11 is 2.24. The van der Waals surface area contributed by atoms with E-state index in [2.05, 4.69) is 39.7 Å². The average molecular weight is 341 g/mol. The third kappa shape index (κ3) is 2.03. The molecular weight excluding hydrogens is 329 g/mol. The number of anilines is 1. The number of benzene rings is 1. The Morgan fingerprint density at radius 1 is 1.47 bits per heavy atom. The Morgan fingerprint density at radius 3 is 2.94 bits per heavy atom. The first kappa shape index (κ1) is 11.0. The van der Waals surface area contributed by atoms with E-state index in [1.165, 1.54) is 0 Å². The Kier molecular flexibility index (Phi) is 2.57. The van der Waals surface area contributed by atoms with Crippen LogP contribution < -0.4 is 5.73 Å². The van der Waals surface area contributed by atoms with Gasteiger partial charge in [0.25, 0.3) is 5.89 Å². The summed E-state index contributed by atoms with van der Waals surface area (Å²) in [6, 6.07) is 5.78. The lowest BCUT2D eigenvalue weighted by atomic mass is 10.2. The van der Waals surface area contributed by atoms with Gasteiger partial charge in [0, 0.05) is 15.2 Å². The highest BCUT2D eigenvalue weighted by Gasteiger charge is 2.38. The van der Waals surface area contributed by atoms with Crippen molar-refractivity contribution in [2.24, 2.45) is 5.92 Å². The highest BCUT2D eigenvalue weighted by molar-refractivity contribution is 14.1. The van der Waals surface area contributed by atoms with Crippen molar-refractivity contribution < 1.29 is 4.52 Å². The standard InChI is InChI=1S/C12H12IN3O/c1-6-4-8(6)11-15-12(17-16-11)9-5-7(13)2-3-10(9)14/h2-3,5-6,8H,4,14H2,1H3. The van der Waals surface area contributed by atoms with Crippen molar-refractivity contribution >= 4 is 28.3 Å². The van der Waals surface area contributed by atoms with Crippen LogP contribution in [0.2, 0.25) is 0 Å². The number of rotatable bonds is 2. The smallest absolute Gasteiger partial charge is 0.260 e. The summed E-state index contributed by atoms with van der Waals surface area (Å²) in [4.78, 5) is 4.43. The minimum absolute atomic E-state index is 0.469. The van der Waals surface area contributed by atoms with Crippen LogP contribution in [0.15, 0.2) is 22.7 Å². The maximum atomic E-state index is 5.92. The normalized spacial score (nSPS) is 22.7. The lowest BCUT2D eigenvalue weighted by Crippen LogP contribution is -1.91. The maximum absolute atomic E-state index is 5.92. The van der Waals surface area contributed by atoms with Crippen LogP contribution in [-0.2, 0) is 0 Å². The molecule has 0 radical (unpaired) electrons. The Hall–Kier alpha value is -1.11. The zero-order valence-corrected chi connectivity index (χ0v) is 11.5.